The highest BCUT2D eigenvalue weighted by atomic mass is 16.5. The van der Waals surface area contributed by atoms with Gasteiger partial charge in [0.05, 0.1) is 7.11 Å². The smallest absolute Gasteiger partial charge is 0.341 e. The van der Waals surface area contributed by atoms with Gasteiger partial charge in [-0.25, -0.2) is 4.79 Å². The van der Waals surface area contributed by atoms with E-state index in [1.807, 2.05) is 0 Å². The molecular formula is C11H13NO4. The molecule has 0 aromatic heterocycles. The van der Waals surface area contributed by atoms with Crippen LogP contribution in [0.4, 0.5) is 0 Å². The molecule has 1 aromatic rings. The summed E-state index contributed by atoms with van der Waals surface area (Å²) >= 11 is 0. The lowest BCUT2D eigenvalue weighted by atomic mass is 9.87. The fraction of sp³-hybridized carbons (Fsp3) is 0.364. The number of carbonyl (C=O) groups is 1. The van der Waals surface area contributed by atoms with Gasteiger partial charge in [-0.3, -0.25) is 0 Å². The topological polar surface area (TPSA) is 78.8 Å². The van der Waals surface area contributed by atoms with Crippen LogP contribution in [0.25, 0.3) is 0 Å². The summed E-state index contributed by atoms with van der Waals surface area (Å²) in [5.74, 6) is -0.762. The number of carbonyl (C=O) groups excluding carboxylic acids is 1. The van der Waals surface area contributed by atoms with Crippen LogP contribution >= 0.6 is 0 Å². The van der Waals surface area contributed by atoms with Gasteiger partial charge >= 0.3 is 5.97 Å². The molecule has 0 saturated carbocycles. The fourth-order valence-corrected chi connectivity index (χ4v) is 1.66. The first-order valence-corrected chi connectivity index (χ1v) is 4.92. The second kappa shape index (κ2) is 3.77. The lowest BCUT2D eigenvalue weighted by Crippen LogP contribution is -2.56. The van der Waals surface area contributed by atoms with Crippen molar-refractivity contribution >= 4 is 5.97 Å². The molecule has 1 fully saturated rings. The van der Waals surface area contributed by atoms with Crippen LogP contribution in [0.15, 0.2) is 18.2 Å². The van der Waals surface area contributed by atoms with Gasteiger partial charge in [0.25, 0.3) is 0 Å². The molecule has 1 aliphatic rings. The Balaban J connectivity index is 2.39. The lowest BCUT2D eigenvalue weighted by molar-refractivity contribution is -0.0147. The molecular weight excluding hydrogens is 210 g/mol. The molecule has 0 amide bonds. The van der Waals surface area contributed by atoms with Crippen molar-refractivity contribution in [2.45, 2.75) is 5.60 Å². The monoisotopic (exact) mass is 223 g/mol. The van der Waals surface area contributed by atoms with Crippen LogP contribution in [0.2, 0.25) is 0 Å². The van der Waals surface area contributed by atoms with Crippen LogP contribution in [-0.4, -0.2) is 36.4 Å². The van der Waals surface area contributed by atoms with Gasteiger partial charge in [-0.15, -0.1) is 0 Å². The molecule has 5 nitrogen and oxygen atoms in total. The molecule has 1 aromatic carbocycles. The molecule has 0 bridgehead atoms. The second-order valence-electron chi connectivity index (χ2n) is 3.86. The highest BCUT2D eigenvalue weighted by Crippen LogP contribution is 2.29. The van der Waals surface area contributed by atoms with E-state index in [1.165, 1.54) is 19.2 Å². The van der Waals surface area contributed by atoms with E-state index in [-0.39, 0.29) is 11.3 Å². The van der Waals surface area contributed by atoms with Crippen molar-refractivity contribution in [3.05, 3.63) is 29.3 Å². The average Bonchev–Trinajstić information content (AvgIpc) is 2.25. The van der Waals surface area contributed by atoms with E-state index < -0.39 is 11.6 Å². The maximum atomic E-state index is 11.3. The van der Waals surface area contributed by atoms with E-state index in [2.05, 4.69) is 10.1 Å². The molecule has 16 heavy (non-hydrogen) atoms. The fourth-order valence-electron chi connectivity index (χ4n) is 1.66. The number of phenols is 1. The van der Waals surface area contributed by atoms with Crippen molar-refractivity contribution in [2.24, 2.45) is 0 Å². The van der Waals surface area contributed by atoms with E-state index in [0.29, 0.717) is 18.7 Å². The Bertz CT molecular complexity index is 426. The Labute approximate surface area is 92.7 Å². The quantitative estimate of drug-likeness (QED) is 0.614. The normalized spacial score (nSPS) is 17.6. The minimum atomic E-state index is -0.948. The SMILES string of the molecule is COC(=O)c1cc(C2(O)CNC2)ccc1O. The lowest BCUT2D eigenvalue weighted by Gasteiger charge is -2.38. The molecule has 0 radical (unpaired) electrons. The van der Waals surface area contributed by atoms with Gasteiger partial charge in [-0.05, 0) is 17.7 Å². The molecule has 0 aliphatic carbocycles. The standard InChI is InChI=1S/C11H13NO4/c1-16-10(14)8-4-7(2-3-9(8)13)11(15)5-12-6-11/h2-4,12-13,15H,5-6H2,1H3. The van der Waals surface area contributed by atoms with Crippen molar-refractivity contribution < 1.29 is 19.7 Å². The van der Waals surface area contributed by atoms with E-state index >= 15 is 0 Å². The predicted molar refractivity (Wildman–Crippen MR) is 56.2 cm³/mol. The first kappa shape index (κ1) is 10.9. The number of aliphatic hydroxyl groups is 1. The van der Waals surface area contributed by atoms with Crippen molar-refractivity contribution in [1.82, 2.24) is 5.32 Å². The third kappa shape index (κ3) is 1.64. The molecule has 3 N–H and O–H groups in total. The minimum Gasteiger partial charge on any atom is -0.507 e. The summed E-state index contributed by atoms with van der Waals surface area (Å²) in [5, 5.41) is 22.5. The Hall–Kier alpha value is -1.59. The van der Waals surface area contributed by atoms with Crippen LogP contribution in [-0.2, 0) is 10.3 Å². The van der Waals surface area contributed by atoms with Gasteiger partial charge in [0.2, 0.25) is 0 Å². The number of rotatable bonds is 2. The number of hydrogen-bond donors (Lipinski definition) is 3. The van der Waals surface area contributed by atoms with Gasteiger partial charge in [0.1, 0.15) is 16.9 Å². The maximum Gasteiger partial charge on any atom is 0.341 e. The van der Waals surface area contributed by atoms with Crippen LogP contribution in [0, 0.1) is 0 Å². The minimum absolute atomic E-state index is 0.0697. The average molecular weight is 223 g/mol. The van der Waals surface area contributed by atoms with Gasteiger partial charge in [-0.1, -0.05) is 6.07 Å². The Morgan fingerprint density at radius 2 is 2.19 bits per heavy atom. The molecule has 0 unspecified atom stereocenters. The second-order valence-corrected chi connectivity index (χ2v) is 3.86. The third-order valence-electron chi connectivity index (χ3n) is 2.77. The van der Waals surface area contributed by atoms with E-state index in [1.54, 1.807) is 6.07 Å². The number of methoxy groups -OCH3 is 1. The largest absolute Gasteiger partial charge is 0.507 e. The zero-order chi connectivity index (χ0) is 11.8. The van der Waals surface area contributed by atoms with E-state index in [4.69, 9.17) is 0 Å². The first-order chi connectivity index (χ1) is 7.57. The van der Waals surface area contributed by atoms with Crippen LogP contribution in [0.3, 0.4) is 0 Å². The van der Waals surface area contributed by atoms with Crippen molar-refractivity contribution in [2.75, 3.05) is 20.2 Å². The van der Waals surface area contributed by atoms with Gasteiger partial charge in [0.15, 0.2) is 0 Å². The zero-order valence-electron chi connectivity index (χ0n) is 8.86. The number of ether oxygens (including phenoxy) is 1. The number of β-amino-alcohol motifs (C(OH)–C–C–N with tert-alkyl or cyclic N) is 1. The first-order valence-electron chi connectivity index (χ1n) is 4.92. The van der Waals surface area contributed by atoms with E-state index in [9.17, 15) is 15.0 Å². The number of phenolic OH excluding ortho intramolecular Hbond substituents is 1. The Morgan fingerprint density at radius 3 is 2.69 bits per heavy atom. The molecule has 0 atom stereocenters. The Kier molecular flexibility index (Phi) is 2.57. The Morgan fingerprint density at radius 1 is 1.50 bits per heavy atom. The maximum absolute atomic E-state index is 11.3. The van der Waals surface area contributed by atoms with Crippen molar-refractivity contribution in [1.29, 1.82) is 0 Å². The molecule has 0 spiro atoms. The molecule has 1 heterocycles. The summed E-state index contributed by atoms with van der Waals surface area (Å²) < 4.78 is 4.54. The number of benzene rings is 1. The third-order valence-corrected chi connectivity index (χ3v) is 2.77. The summed E-state index contributed by atoms with van der Waals surface area (Å²) in [5.41, 5.74) is -0.277. The summed E-state index contributed by atoms with van der Waals surface area (Å²) in [6.07, 6.45) is 0. The summed E-state index contributed by atoms with van der Waals surface area (Å²) in [6, 6.07) is 4.45. The van der Waals surface area contributed by atoms with Gasteiger partial charge in [0, 0.05) is 13.1 Å². The van der Waals surface area contributed by atoms with Gasteiger partial charge < -0.3 is 20.3 Å². The summed E-state index contributed by atoms with van der Waals surface area (Å²) in [7, 11) is 1.24. The molecule has 1 aliphatic heterocycles. The zero-order valence-corrected chi connectivity index (χ0v) is 8.86. The number of aromatic hydroxyl groups is 1. The number of esters is 1. The van der Waals surface area contributed by atoms with Crippen LogP contribution in [0.1, 0.15) is 15.9 Å². The number of nitrogens with one attached hydrogen (secondary N) is 1. The summed E-state index contributed by atoms with van der Waals surface area (Å²) in [4.78, 5) is 11.3. The van der Waals surface area contributed by atoms with Crippen molar-refractivity contribution in [3.8, 4) is 5.75 Å². The molecule has 2 rings (SSSR count). The number of hydrogen-bond acceptors (Lipinski definition) is 5. The molecule has 5 heteroatoms. The molecule has 1 saturated heterocycles. The van der Waals surface area contributed by atoms with Crippen molar-refractivity contribution in [3.63, 3.8) is 0 Å². The van der Waals surface area contributed by atoms with Crippen LogP contribution in [0.5, 0.6) is 5.75 Å². The summed E-state index contributed by atoms with van der Waals surface area (Å²) in [6.45, 7) is 0.886. The highest BCUT2D eigenvalue weighted by molar-refractivity contribution is 5.92. The highest BCUT2D eigenvalue weighted by Gasteiger charge is 2.36. The van der Waals surface area contributed by atoms with Crippen LogP contribution < -0.4 is 5.32 Å². The predicted octanol–water partition coefficient (Wildman–Crippen LogP) is -0.0304. The molecule has 86 valence electrons. The van der Waals surface area contributed by atoms with Gasteiger partial charge in [-0.2, -0.15) is 0 Å². The van der Waals surface area contributed by atoms with E-state index in [0.717, 1.165) is 0 Å².